The van der Waals surface area contributed by atoms with Crippen LogP contribution in [0.4, 0.5) is 0 Å². The first-order valence-electron chi connectivity index (χ1n) is 0.928. The minimum Gasteiger partial charge on any atom is 0 e. The molecule has 0 fully saturated rings. The number of carbonyl (C=O) groups is 1. The third-order valence-corrected chi connectivity index (χ3v) is 0. The monoisotopic (exact) mass is 284 g/mol. The average molecular weight is 284 g/mol. The summed E-state index contributed by atoms with van der Waals surface area (Å²) < 4.78 is 0. The normalized spacial score (nSPS) is 4.17. The Balaban J connectivity index is -0.0000000450. The second-order valence-corrected chi connectivity index (χ2v) is 0.519. The molecule has 0 aliphatic carbocycles. The predicted octanol–water partition coefficient (Wildman–Crippen LogP) is -0.560. The molecular weight excluding hydrogens is 279 g/mol. The Kier molecular flexibility index (Phi) is 25.9. The molecule has 0 aliphatic heterocycles. The number of carboxylic acids is 1. The molecule has 0 unspecified atom stereocenters. The Hall–Kier alpha value is 1.79. The fourth-order valence-corrected chi connectivity index (χ4v) is 0. The van der Waals surface area contributed by atoms with E-state index in [1.807, 2.05) is 0 Å². The van der Waals surface area contributed by atoms with Crippen molar-refractivity contribution in [1.29, 1.82) is 0 Å². The molecule has 0 bridgehead atoms. The van der Waals surface area contributed by atoms with Crippen molar-refractivity contribution in [3.63, 3.8) is 0 Å². The maximum absolute atomic E-state index is 9.00. The fourth-order valence-electron chi connectivity index (χ4n) is 0. The molecule has 32 valence electrons. The Morgan fingerprint density at radius 3 is 1.67 bits per heavy atom. The average Bonchev–Trinajstić information content (AvgIpc) is 0.811. The van der Waals surface area contributed by atoms with Gasteiger partial charge in [0.2, 0.25) is 0 Å². The molecule has 0 aromatic heterocycles. The molecule has 0 atom stereocenters. The van der Waals surface area contributed by atoms with E-state index in [0.717, 1.165) is 6.92 Å². The number of hydrogen-bond acceptors (Lipinski definition) is 1. The molecule has 0 radical (unpaired) electrons. The van der Waals surface area contributed by atoms with Crippen molar-refractivity contribution >= 4 is 57.4 Å². The van der Waals surface area contributed by atoms with E-state index in [4.69, 9.17) is 9.90 Å². The van der Waals surface area contributed by atoms with Gasteiger partial charge in [0.25, 0.3) is 5.97 Å². The standard InChI is InChI=1S/C2H4O2.K.W.H/c1-2(3)4;;;/h1H3,(H,3,4);;;. The van der Waals surface area contributed by atoms with E-state index >= 15 is 0 Å². The molecule has 1 N–H and O–H groups in total. The summed E-state index contributed by atoms with van der Waals surface area (Å²) in [5.41, 5.74) is 0. The number of hydrogen-bond donors (Lipinski definition) is 1. The summed E-state index contributed by atoms with van der Waals surface area (Å²) in [6.45, 7) is 1.08. The van der Waals surface area contributed by atoms with Gasteiger partial charge >= 0.3 is 51.4 Å². The van der Waals surface area contributed by atoms with E-state index in [1.165, 1.54) is 0 Å². The molecular formula is C2H5KO2W. The van der Waals surface area contributed by atoms with Crippen LogP contribution in [0.15, 0.2) is 0 Å². The van der Waals surface area contributed by atoms with Gasteiger partial charge in [-0.05, 0) is 0 Å². The molecule has 4 heteroatoms. The van der Waals surface area contributed by atoms with E-state index in [2.05, 4.69) is 0 Å². The van der Waals surface area contributed by atoms with E-state index in [1.54, 1.807) is 0 Å². The van der Waals surface area contributed by atoms with Crippen molar-refractivity contribution in [2.24, 2.45) is 0 Å². The topological polar surface area (TPSA) is 37.3 Å². The van der Waals surface area contributed by atoms with Crippen LogP contribution in [0.1, 0.15) is 6.92 Å². The smallest absolute Gasteiger partial charge is 0 e. The zero-order valence-electron chi connectivity index (χ0n) is 2.76. The van der Waals surface area contributed by atoms with E-state index in [9.17, 15) is 0 Å². The first-order chi connectivity index (χ1) is 1.73. The van der Waals surface area contributed by atoms with Crippen LogP contribution in [0.25, 0.3) is 0 Å². The summed E-state index contributed by atoms with van der Waals surface area (Å²) in [5, 5.41) is 7.42. The maximum Gasteiger partial charge on any atom is 0 e. The Bertz CT molecular complexity index is 34.5. The molecule has 0 aromatic rings. The summed E-state index contributed by atoms with van der Waals surface area (Å²) in [6.07, 6.45) is 0. The van der Waals surface area contributed by atoms with Crippen LogP contribution in [0.3, 0.4) is 0 Å². The van der Waals surface area contributed by atoms with E-state index in [0.29, 0.717) is 0 Å². The SMILES string of the molecule is CC(=O)O.[KH].[W]. The summed E-state index contributed by atoms with van der Waals surface area (Å²) in [6, 6.07) is 0. The minimum atomic E-state index is -0.833. The number of carboxylic acid groups (broad SMARTS) is 1. The van der Waals surface area contributed by atoms with Crippen molar-refractivity contribution in [3.05, 3.63) is 0 Å². The minimum absolute atomic E-state index is 0. The summed E-state index contributed by atoms with van der Waals surface area (Å²) in [5.74, 6) is -0.833. The molecule has 0 rings (SSSR count). The Morgan fingerprint density at radius 1 is 1.67 bits per heavy atom. The van der Waals surface area contributed by atoms with Crippen LogP contribution in [0.2, 0.25) is 0 Å². The number of rotatable bonds is 0. The second kappa shape index (κ2) is 9.92. The zero-order chi connectivity index (χ0) is 3.58. The van der Waals surface area contributed by atoms with Gasteiger partial charge in [-0.25, -0.2) is 0 Å². The van der Waals surface area contributed by atoms with Gasteiger partial charge in [0.1, 0.15) is 0 Å². The van der Waals surface area contributed by atoms with Crippen LogP contribution >= 0.6 is 0 Å². The second-order valence-electron chi connectivity index (χ2n) is 0.519. The van der Waals surface area contributed by atoms with Gasteiger partial charge in [-0.3, -0.25) is 4.79 Å². The van der Waals surface area contributed by atoms with Crippen molar-refractivity contribution in [1.82, 2.24) is 0 Å². The van der Waals surface area contributed by atoms with Crippen LogP contribution in [-0.2, 0) is 25.9 Å². The summed E-state index contributed by atoms with van der Waals surface area (Å²) >= 11 is 0. The van der Waals surface area contributed by atoms with Gasteiger partial charge in [-0.15, -0.1) is 0 Å². The Labute approximate surface area is 93.4 Å². The maximum atomic E-state index is 9.00. The molecule has 0 aliphatic rings. The van der Waals surface area contributed by atoms with Crippen molar-refractivity contribution < 1.29 is 31.0 Å². The molecule has 0 heterocycles. The third kappa shape index (κ3) is 41.4. The summed E-state index contributed by atoms with van der Waals surface area (Å²) in [4.78, 5) is 9.00. The van der Waals surface area contributed by atoms with Gasteiger partial charge in [-0.2, -0.15) is 0 Å². The molecule has 0 aromatic carbocycles. The van der Waals surface area contributed by atoms with Crippen LogP contribution < -0.4 is 0 Å². The molecule has 0 amide bonds. The first kappa shape index (κ1) is 15.7. The van der Waals surface area contributed by atoms with Crippen molar-refractivity contribution in [3.8, 4) is 0 Å². The van der Waals surface area contributed by atoms with Gasteiger partial charge < -0.3 is 5.11 Å². The predicted molar refractivity (Wildman–Crippen MR) is 20.5 cm³/mol. The number of aliphatic carboxylic acids is 1. The van der Waals surface area contributed by atoms with Gasteiger partial charge in [0.15, 0.2) is 0 Å². The molecule has 0 spiro atoms. The molecule has 2 nitrogen and oxygen atoms in total. The molecule has 6 heavy (non-hydrogen) atoms. The zero-order valence-corrected chi connectivity index (χ0v) is 5.70. The van der Waals surface area contributed by atoms with E-state index < -0.39 is 5.97 Å². The third-order valence-electron chi connectivity index (χ3n) is 0. The van der Waals surface area contributed by atoms with Gasteiger partial charge in [-0.1, -0.05) is 0 Å². The fraction of sp³-hybridized carbons (Fsp3) is 0.500. The van der Waals surface area contributed by atoms with Crippen molar-refractivity contribution in [2.75, 3.05) is 0 Å². The largest absolute Gasteiger partial charge is 0 e. The first-order valence-corrected chi connectivity index (χ1v) is 0.928. The van der Waals surface area contributed by atoms with Crippen LogP contribution in [-0.4, -0.2) is 62.5 Å². The van der Waals surface area contributed by atoms with Gasteiger partial charge in [0, 0.05) is 28.0 Å². The quantitative estimate of drug-likeness (QED) is 0.605. The van der Waals surface area contributed by atoms with Gasteiger partial charge in [0.05, 0.1) is 0 Å². The van der Waals surface area contributed by atoms with Crippen molar-refractivity contribution in [2.45, 2.75) is 6.92 Å². The van der Waals surface area contributed by atoms with Crippen LogP contribution in [0.5, 0.6) is 0 Å². The molecule has 0 saturated carbocycles. The Morgan fingerprint density at radius 2 is 1.67 bits per heavy atom. The van der Waals surface area contributed by atoms with Crippen LogP contribution in [0, 0.1) is 0 Å². The molecule has 0 saturated heterocycles. The van der Waals surface area contributed by atoms with E-state index in [-0.39, 0.29) is 72.4 Å². The summed E-state index contributed by atoms with van der Waals surface area (Å²) in [7, 11) is 0.